The van der Waals surface area contributed by atoms with Gasteiger partial charge >= 0.3 is 6.18 Å². The Morgan fingerprint density at radius 1 is 1.40 bits per heavy atom. The second-order valence-electron chi connectivity index (χ2n) is 2.60. The molecule has 1 rings (SSSR count). The lowest BCUT2D eigenvalue weighted by Crippen LogP contribution is -2.08. The van der Waals surface area contributed by atoms with Crippen LogP contribution in [0, 0.1) is 21.4 Å². The number of nitro groups is 1. The lowest BCUT2D eigenvalue weighted by atomic mass is 10.1. The zero-order valence-electron chi connectivity index (χ0n) is 7.08. The predicted molar refractivity (Wildman–Crippen MR) is 42.8 cm³/mol. The summed E-state index contributed by atoms with van der Waals surface area (Å²) in [5, 5.41) is 18.7. The molecule has 78 valence electrons. The summed E-state index contributed by atoms with van der Waals surface area (Å²) in [7, 11) is 0. The second-order valence-corrected chi connectivity index (χ2v) is 2.60. The van der Waals surface area contributed by atoms with E-state index in [0.717, 1.165) is 6.07 Å². The summed E-state index contributed by atoms with van der Waals surface area (Å²) in [6, 6.07) is 3.54. The smallest absolute Gasteiger partial charge is 0.258 e. The highest BCUT2D eigenvalue weighted by atomic mass is 19.4. The van der Waals surface area contributed by atoms with Gasteiger partial charge in [-0.1, -0.05) is 0 Å². The number of hydrogen-bond donors (Lipinski definition) is 0. The fraction of sp³-hybridized carbons (Fsp3) is 0.125. The SMILES string of the molecule is N#Cc1ccc(C(F)(F)F)c([N+](=O)[O-])c1. The van der Waals surface area contributed by atoms with Crippen molar-refractivity contribution in [2.24, 2.45) is 0 Å². The van der Waals surface area contributed by atoms with Gasteiger partial charge in [0.2, 0.25) is 0 Å². The Bertz CT molecular complexity index is 448. The Hall–Kier alpha value is -2.10. The molecular formula is C8H3F3N2O2. The zero-order chi connectivity index (χ0) is 11.6. The van der Waals surface area contributed by atoms with E-state index in [2.05, 4.69) is 0 Å². The Labute approximate surface area is 81.7 Å². The fourth-order valence-corrected chi connectivity index (χ4v) is 0.992. The third kappa shape index (κ3) is 2.22. The zero-order valence-corrected chi connectivity index (χ0v) is 7.08. The van der Waals surface area contributed by atoms with Crippen LogP contribution >= 0.6 is 0 Å². The highest BCUT2D eigenvalue weighted by Crippen LogP contribution is 2.36. The van der Waals surface area contributed by atoms with Crippen LogP contribution in [0.2, 0.25) is 0 Å². The summed E-state index contributed by atoms with van der Waals surface area (Å²) in [4.78, 5) is 9.17. The van der Waals surface area contributed by atoms with Gasteiger partial charge in [-0.2, -0.15) is 18.4 Å². The number of halogens is 3. The molecule has 0 fully saturated rings. The molecule has 0 N–H and O–H groups in total. The standard InChI is InChI=1S/C8H3F3N2O2/c9-8(10,11)6-2-1-5(4-12)3-7(6)13(14)15/h1-3H. The molecule has 0 aliphatic heterocycles. The van der Waals surface area contributed by atoms with Gasteiger partial charge in [-0.3, -0.25) is 10.1 Å². The topological polar surface area (TPSA) is 66.9 Å². The first kappa shape index (κ1) is 11.0. The first-order valence-corrected chi connectivity index (χ1v) is 3.62. The number of benzene rings is 1. The number of rotatable bonds is 1. The molecule has 15 heavy (non-hydrogen) atoms. The molecule has 0 bridgehead atoms. The minimum Gasteiger partial charge on any atom is -0.258 e. The van der Waals surface area contributed by atoms with Gasteiger partial charge in [0.25, 0.3) is 5.69 Å². The molecule has 0 amide bonds. The molecule has 1 aromatic carbocycles. The van der Waals surface area contributed by atoms with Crippen LogP contribution in [0.4, 0.5) is 18.9 Å². The average molecular weight is 216 g/mol. The third-order valence-corrected chi connectivity index (χ3v) is 1.63. The van der Waals surface area contributed by atoms with Crippen LogP contribution in [0.15, 0.2) is 18.2 Å². The predicted octanol–water partition coefficient (Wildman–Crippen LogP) is 2.49. The Kier molecular flexibility index (Phi) is 2.61. The van der Waals surface area contributed by atoms with E-state index in [1.165, 1.54) is 6.07 Å². The fourth-order valence-electron chi connectivity index (χ4n) is 0.992. The lowest BCUT2D eigenvalue weighted by molar-refractivity contribution is -0.388. The molecule has 1 aromatic rings. The van der Waals surface area contributed by atoms with Crippen LogP contribution in [0.3, 0.4) is 0 Å². The maximum atomic E-state index is 12.3. The Balaban J connectivity index is 3.42. The molecule has 0 spiro atoms. The first-order chi connectivity index (χ1) is 6.86. The maximum Gasteiger partial charge on any atom is 0.422 e. The van der Waals surface area contributed by atoms with E-state index in [1.54, 1.807) is 0 Å². The summed E-state index contributed by atoms with van der Waals surface area (Å²) in [6.45, 7) is 0. The van der Waals surface area contributed by atoms with Gasteiger partial charge < -0.3 is 0 Å². The van der Waals surface area contributed by atoms with E-state index >= 15 is 0 Å². The molecule has 7 heteroatoms. The molecule has 0 aliphatic rings. The van der Waals surface area contributed by atoms with Crippen LogP contribution in [-0.4, -0.2) is 4.92 Å². The maximum absolute atomic E-state index is 12.3. The third-order valence-electron chi connectivity index (χ3n) is 1.63. The van der Waals surface area contributed by atoms with Crippen LogP contribution in [-0.2, 0) is 6.18 Å². The highest BCUT2D eigenvalue weighted by Gasteiger charge is 2.38. The molecule has 0 saturated heterocycles. The van der Waals surface area contributed by atoms with Gasteiger partial charge in [-0.15, -0.1) is 0 Å². The minimum atomic E-state index is -4.80. The molecular weight excluding hydrogens is 213 g/mol. The summed E-state index contributed by atoms with van der Waals surface area (Å²) < 4.78 is 36.8. The first-order valence-electron chi connectivity index (χ1n) is 3.62. The van der Waals surface area contributed by atoms with Crippen molar-refractivity contribution in [3.63, 3.8) is 0 Å². The summed E-state index contributed by atoms with van der Waals surface area (Å²) >= 11 is 0. The van der Waals surface area contributed by atoms with E-state index in [4.69, 9.17) is 5.26 Å². The molecule has 0 heterocycles. The quantitative estimate of drug-likeness (QED) is 0.534. The van der Waals surface area contributed by atoms with Crippen LogP contribution in [0.5, 0.6) is 0 Å². The summed E-state index contributed by atoms with van der Waals surface area (Å²) in [5.74, 6) is 0. The number of nitrogens with zero attached hydrogens (tertiary/aromatic N) is 2. The Morgan fingerprint density at radius 3 is 2.40 bits per heavy atom. The minimum absolute atomic E-state index is 0.185. The van der Waals surface area contributed by atoms with Crippen molar-refractivity contribution in [1.82, 2.24) is 0 Å². The molecule has 0 saturated carbocycles. The van der Waals surface area contributed by atoms with Crippen LogP contribution < -0.4 is 0 Å². The number of alkyl halides is 3. The van der Waals surface area contributed by atoms with E-state index in [1.807, 2.05) is 0 Å². The van der Waals surface area contributed by atoms with Crippen molar-refractivity contribution in [3.05, 3.63) is 39.4 Å². The number of hydrogen-bond acceptors (Lipinski definition) is 3. The van der Waals surface area contributed by atoms with Gasteiger partial charge in [0, 0.05) is 6.07 Å². The van der Waals surface area contributed by atoms with E-state index in [-0.39, 0.29) is 5.56 Å². The van der Waals surface area contributed by atoms with Gasteiger partial charge in [-0.25, -0.2) is 0 Å². The number of nitro benzene ring substituents is 1. The average Bonchev–Trinajstić information content (AvgIpc) is 2.15. The van der Waals surface area contributed by atoms with Crippen molar-refractivity contribution in [2.45, 2.75) is 6.18 Å². The molecule has 0 unspecified atom stereocenters. The molecule has 0 aromatic heterocycles. The summed E-state index contributed by atoms with van der Waals surface area (Å²) in [6.07, 6.45) is -4.80. The van der Waals surface area contributed by atoms with Gasteiger partial charge in [0.1, 0.15) is 5.56 Å². The van der Waals surface area contributed by atoms with E-state index in [9.17, 15) is 23.3 Å². The van der Waals surface area contributed by atoms with Crippen molar-refractivity contribution in [1.29, 1.82) is 5.26 Å². The normalized spacial score (nSPS) is 10.8. The molecule has 0 radical (unpaired) electrons. The van der Waals surface area contributed by atoms with Gasteiger partial charge in [0.15, 0.2) is 0 Å². The van der Waals surface area contributed by atoms with Crippen molar-refractivity contribution in [3.8, 4) is 6.07 Å². The molecule has 0 atom stereocenters. The van der Waals surface area contributed by atoms with Crippen molar-refractivity contribution in [2.75, 3.05) is 0 Å². The molecule has 4 nitrogen and oxygen atoms in total. The van der Waals surface area contributed by atoms with E-state index < -0.39 is 22.4 Å². The van der Waals surface area contributed by atoms with Gasteiger partial charge in [0.05, 0.1) is 16.6 Å². The van der Waals surface area contributed by atoms with Crippen LogP contribution in [0.1, 0.15) is 11.1 Å². The number of nitriles is 1. The monoisotopic (exact) mass is 216 g/mol. The van der Waals surface area contributed by atoms with Gasteiger partial charge in [-0.05, 0) is 12.1 Å². The second kappa shape index (κ2) is 3.57. The largest absolute Gasteiger partial charge is 0.422 e. The highest BCUT2D eigenvalue weighted by molar-refractivity contribution is 5.48. The van der Waals surface area contributed by atoms with Crippen molar-refractivity contribution >= 4 is 5.69 Å². The van der Waals surface area contributed by atoms with E-state index in [0.29, 0.717) is 12.1 Å². The molecule has 0 aliphatic carbocycles. The van der Waals surface area contributed by atoms with Crippen molar-refractivity contribution < 1.29 is 18.1 Å². The lowest BCUT2D eigenvalue weighted by Gasteiger charge is -2.06. The summed E-state index contributed by atoms with van der Waals surface area (Å²) in [5.41, 5.74) is -2.65. The van der Waals surface area contributed by atoms with Crippen LogP contribution in [0.25, 0.3) is 0 Å². The Morgan fingerprint density at radius 2 is 2.00 bits per heavy atom.